The number of pyridine rings is 1. The Balaban J connectivity index is 0.000000980. The summed E-state index contributed by atoms with van der Waals surface area (Å²) in [6.45, 7) is 4.01. The van der Waals surface area contributed by atoms with Crippen molar-refractivity contribution in [1.82, 2.24) is 9.38 Å². The average Bonchev–Trinajstić information content (AvgIpc) is 2.48. The van der Waals surface area contributed by atoms with E-state index in [0.29, 0.717) is 0 Å². The zero-order valence-corrected chi connectivity index (χ0v) is 9.08. The second kappa shape index (κ2) is 3.98. The van der Waals surface area contributed by atoms with Gasteiger partial charge in [-0.15, -0.1) is 12.4 Å². The number of nitrogens with two attached hydrogens (primary N) is 1. The standard InChI is InChI=1S/C10H13N3.ClH/c1-7-4-3-5-13-9(7)6-12-10(13)8(2)11;/h3-6,8H,11H2,1-2H3;1H/t8-;/m0./s1. The minimum atomic E-state index is -0.0238. The molecule has 0 saturated heterocycles. The predicted octanol–water partition coefficient (Wildman–Crippen LogP) is 2.08. The first kappa shape index (κ1) is 11.0. The van der Waals surface area contributed by atoms with Gasteiger partial charge in [-0.2, -0.15) is 0 Å². The fraction of sp³-hybridized carbons (Fsp3) is 0.300. The number of imidazole rings is 1. The number of aromatic nitrogens is 2. The van der Waals surface area contributed by atoms with Crippen molar-refractivity contribution < 1.29 is 0 Å². The molecule has 0 bridgehead atoms. The quantitative estimate of drug-likeness (QED) is 0.785. The van der Waals surface area contributed by atoms with Crippen LogP contribution in [0.5, 0.6) is 0 Å². The number of hydrogen-bond acceptors (Lipinski definition) is 2. The van der Waals surface area contributed by atoms with Gasteiger partial charge in [-0.1, -0.05) is 6.07 Å². The largest absolute Gasteiger partial charge is 0.322 e. The van der Waals surface area contributed by atoms with Gasteiger partial charge in [-0.05, 0) is 25.5 Å². The highest BCUT2D eigenvalue weighted by Gasteiger charge is 2.07. The van der Waals surface area contributed by atoms with Gasteiger partial charge in [0.1, 0.15) is 5.82 Å². The fourth-order valence-electron chi connectivity index (χ4n) is 1.52. The maximum atomic E-state index is 5.79. The van der Waals surface area contributed by atoms with Crippen LogP contribution in [0.3, 0.4) is 0 Å². The van der Waals surface area contributed by atoms with Gasteiger partial charge in [0.2, 0.25) is 0 Å². The molecule has 76 valence electrons. The minimum absolute atomic E-state index is 0. The highest BCUT2D eigenvalue weighted by Crippen LogP contribution is 2.14. The predicted molar refractivity (Wildman–Crippen MR) is 59.8 cm³/mol. The van der Waals surface area contributed by atoms with Crippen LogP contribution in [-0.4, -0.2) is 9.38 Å². The number of halogens is 1. The van der Waals surface area contributed by atoms with E-state index in [4.69, 9.17) is 5.73 Å². The van der Waals surface area contributed by atoms with Crippen LogP contribution in [0.25, 0.3) is 5.52 Å². The SMILES string of the molecule is Cc1cccn2c([C@H](C)N)ncc12.Cl. The monoisotopic (exact) mass is 211 g/mol. The van der Waals surface area contributed by atoms with Crippen LogP contribution < -0.4 is 5.73 Å². The van der Waals surface area contributed by atoms with Crippen molar-refractivity contribution in [3.05, 3.63) is 35.9 Å². The minimum Gasteiger partial charge on any atom is -0.322 e. The average molecular weight is 212 g/mol. The Morgan fingerprint density at radius 2 is 2.21 bits per heavy atom. The van der Waals surface area contributed by atoms with Crippen LogP contribution in [0, 0.1) is 6.92 Å². The molecule has 0 saturated carbocycles. The molecule has 0 aliphatic rings. The van der Waals surface area contributed by atoms with Crippen molar-refractivity contribution in [3.8, 4) is 0 Å². The van der Waals surface area contributed by atoms with Crippen molar-refractivity contribution in [3.63, 3.8) is 0 Å². The van der Waals surface area contributed by atoms with Gasteiger partial charge in [0.25, 0.3) is 0 Å². The van der Waals surface area contributed by atoms with E-state index in [0.717, 1.165) is 11.3 Å². The molecule has 0 aliphatic carbocycles. The molecule has 2 heterocycles. The molecule has 2 N–H and O–H groups in total. The van der Waals surface area contributed by atoms with Crippen LogP contribution in [0.15, 0.2) is 24.5 Å². The third kappa shape index (κ3) is 1.61. The Bertz CT molecular complexity index is 434. The molecule has 2 aromatic rings. The number of hydrogen-bond donors (Lipinski definition) is 1. The van der Waals surface area contributed by atoms with E-state index in [1.807, 2.05) is 29.8 Å². The third-order valence-electron chi connectivity index (χ3n) is 2.22. The summed E-state index contributed by atoms with van der Waals surface area (Å²) in [5.41, 5.74) is 8.15. The summed E-state index contributed by atoms with van der Waals surface area (Å²) in [5, 5.41) is 0. The van der Waals surface area contributed by atoms with E-state index in [9.17, 15) is 0 Å². The lowest BCUT2D eigenvalue weighted by Crippen LogP contribution is -2.09. The van der Waals surface area contributed by atoms with Gasteiger partial charge in [-0.3, -0.25) is 0 Å². The molecule has 0 amide bonds. The molecular weight excluding hydrogens is 198 g/mol. The van der Waals surface area contributed by atoms with Gasteiger partial charge in [0.05, 0.1) is 17.8 Å². The molecular formula is C10H14ClN3. The Morgan fingerprint density at radius 1 is 1.50 bits per heavy atom. The summed E-state index contributed by atoms with van der Waals surface area (Å²) >= 11 is 0. The number of aryl methyl sites for hydroxylation is 1. The maximum Gasteiger partial charge on any atom is 0.129 e. The van der Waals surface area contributed by atoms with Crippen molar-refractivity contribution in [2.24, 2.45) is 5.73 Å². The van der Waals surface area contributed by atoms with Gasteiger partial charge < -0.3 is 10.1 Å². The molecule has 4 heteroatoms. The van der Waals surface area contributed by atoms with Crippen LogP contribution >= 0.6 is 12.4 Å². The molecule has 0 radical (unpaired) electrons. The summed E-state index contributed by atoms with van der Waals surface area (Å²) in [4.78, 5) is 4.29. The molecule has 14 heavy (non-hydrogen) atoms. The Hall–Kier alpha value is -1.06. The van der Waals surface area contributed by atoms with Gasteiger partial charge in [0, 0.05) is 6.20 Å². The Labute approximate surface area is 89.4 Å². The highest BCUT2D eigenvalue weighted by molar-refractivity contribution is 5.85. The first-order valence-corrected chi connectivity index (χ1v) is 4.38. The summed E-state index contributed by atoms with van der Waals surface area (Å²) in [6.07, 6.45) is 3.86. The summed E-state index contributed by atoms with van der Waals surface area (Å²) < 4.78 is 2.04. The van der Waals surface area contributed by atoms with Crippen molar-refractivity contribution in [2.45, 2.75) is 19.9 Å². The van der Waals surface area contributed by atoms with Crippen LogP contribution in [0.1, 0.15) is 24.4 Å². The molecule has 1 atom stereocenters. The van der Waals surface area contributed by atoms with Gasteiger partial charge in [0.15, 0.2) is 0 Å². The first-order chi connectivity index (χ1) is 6.20. The second-order valence-corrected chi connectivity index (χ2v) is 3.35. The molecule has 2 aromatic heterocycles. The van der Waals surface area contributed by atoms with Crippen molar-refractivity contribution >= 4 is 17.9 Å². The molecule has 3 nitrogen and oxygen atoms in total. The normalized spacial score (nSPS) is 12.5. The van der Waals surface area contributed by atoms with Crippen LogP contribution in [0.4, 0.5) is 0 Å². The zero-order chi connectivity index (χ0) is 9.42. The maximum absolute atomic E-state index is 5.79. The lowest BCUT2D eigenvalue weighted by atomic mass is 10.2. The molecule has 0 aliphatic heterocycles. The first-order valence-electron chi connectivity index (χ1n) is 4.38. The fourth-order valence-corrected chi connectivity index (χ4v) is 1.52. The summed E-state index contributed by atoms with van der Waals surface area (Å²) in [7, 11) is 0. The van der Waals surface area contributed by atoms with Crippen LogP contribution in [0.2, 0.25) is 0 Å². The van der Waals surface area contributed by atoms with Gasteiger partial charge >= 0.3 is 0 Å². The lowest BCUT2D eigenvalue weighted by Gasteiger charge is -2.04. The molecule has 0 spiro atoms. The Morgan fingerprint density at radius 3 is 2.86 bits per heavy atom. The molecule has 0 fully saturated rings. The molecule has 2 rings (SSSR count). The number of fused-ring (bicyclic) bond motifs is 1. The molecule has 0 aromatic carbocycles. The highest BCUT2D eigenvalue weighted by atomic mass is 35.5. The van der Waals surface area contributed by atoms with Crippen molar-refractivity contribution in [1.29, 1.82) is 0 Å². The molecule has 0 unspecified atom stereocenters. The smallest absolute Gasteiger partial charge is 0.129 e. The summed E-state index contributed by atoms with van der Waals surface area (Å²) in [6, 6.07) is 4.06. The Kier molecular flexibility index (Phi) is 3.13. The van der Waals surface area contributed by atoms with E-state index in [1.54, 1.807) is 0 Å². The van der Waals surface area contributed by atoms with E-state index in [2.05, 4.69) is 18.0 Å². The van der Waals surface area contributed by atoms with Crippen molar-refractivity contribution in [2.75, 3.05) is 0 Å². The van der Waals surface area contributed by atoms with E-state index in [1.165, 1.54) is 5.56 Å². The van der Waals surface area contributed by atoms with Crippen LogP contribution in [-0.2, 0) is 0 Å². The van der Waals surface area contributed by atoms with E-state index < -0.39 is 0 Å². The number of nitrogens with zero attached hydrogens (tertiary/aromatic N) is 2. The van der Waals surface area contributed by atoms with Gasteiger partial charge in [-0.25, -0.2) is 4.98 Å². The van der Waals surface area contributed by atoms with E-state index in [-0.39, 0.29) is 18.4 Å². The number of rotatable bonds is 1. The zero-order valence-electron chi connectivity index (χ0n) is 8.27. The third-order valence-corrected chi connectivity index (χ3v) is 2.22. The second-order valence-electron chi connectivity index (χ2n) is 3.35. The summed E-state index contributed by atoms with van der Waals surface area (Å²) in [5.74, 6) is 0.915. The lowest BCUT2D eigenvalue weighted by molar-refractivity contribution is 0.735. The topological polar surface area (TPSA) is 43.3 Å². The van der Waals surface area contributed by atoms with E-state index >= 15 is 0 Å².